The van der Waals surface area contributed by atoms with E-state index in [-0.39, 0.29) is 17.2 Å². The SMILES string of the molecule is CNC(=O)c1cc([N+](=O)[O-])cnc1C. The Morgan fingerprint density at radius 3 is 2.79 bits per heavy atom. The van der Waals surface area contributed by atoms with Crippen LogP contribution in [0.2, 0.25) is 0 Å². The van der Waals surface area contributed by atoms with Crippen LogP contribution in [0.5, 0.6) is 0 Å². The van der Waals surface area contributed by atoms with Gasteiger partial charge in [0, 0.05) is 13.1 Å². The molecule has 0 aliphatic carbocycles. The van der Waals surface area contributed by atoms with Gasteiger partial charge in [-0.05, 0) is 6.92 Å². The summed E-state index contributed by atoms with van der Waals surface area (Å²) in [5, 5.41) is 12.8. The molecule has 0 fully saturated rings. The van der Waals surface area contributed by atoms with Crippen LogP contribution in [0.25, 0.3) is 0 Å². The van der Waals surface area contributed by atoms with Crippen molar-refractivity contribution in [3.05, 3.63) is 33.6 Å². The third-order valence-corrected chi connectivity index (χ3v) is 1.75. The van der Waals surface area contributed by atoms with Crippen LogP contribution in [0.15, 0.2) is 12.3 Å². The Hall–Kier alpha value is -1.98. The second kappa shape index (κ2) is 3.82. The Morgan fingerprint density at radius 2 is 2.29 bits per heavy atom. The summed E-state index contributed by atoms with van der Waals surface area (Å²) >= 11 is 0. The van der Waals surface area contributed by atoms with Crippen LogP contribution in [0.4, 0.5) is 5.69 Å². The van der Waals surface area contributed by atoms with Crippen molar-refractivity contribution in [3.8, 4) is 0 Å². The maximum atomic E-state index is 11.2. The van der Waals surface area contributed by atoms with Crippen LogP contribution < -0.4 is 5.32 Å². The number of aromatic nitrogens is 1. The standard InChI is InChI=1S/C8H9N3O3/c1-5-7(8(12)9-2)3-6(4-10-5)11(13)14/h3-4H,1-2H3,(H,9,12). The minimum atomic E-state index is -0.584. The Balaban J connectivity index is 3.21. The zero-order valence-electron chi connectivity index (χ0n) is 7.77. The van der Waals surface area contributed by atoms with Crippen molar-refractivity contribution >= 4 is 11.6 Å². The number of hydrogen-bond acceptors (Lipinski definition) is 4. The molecule has 6 heteroatoms. The third kappa shape index (κ3) is 1.85. The Kier molecular flexibility index (Phi) is 2.76. The molecular formula is C8H9N3O3. The molecule has 0 saturated heterocycles. The Morgan fingerprint density at radius 1 is 1.64 bits per heavy atom. The van der Waals surface area contributed by atoms with E-state index in [2.05, 4.69) is 10.3 Å². The van der Waals surface area contributed by atoms with E-state index in [1.807, 2.05) is 0 Å². The largest absolute Gasteiger partial charge is 0.355 e. The van der Waals surface area contributed by atoms with Gasteiger partial charge in [0.1, 0.15) is 6.20 Å². The van der Waals surface area contributed by atoms with E-state index in [1.165, 1.54) is 13.1 Å². The van der Waals surface area contributed by atoms with Gasteiger partial charge in [-0.3, -0.25) is 19.9 Å². The molecule has 0 aliphatic rings. The fraction of sp³-hybridized carbons (Fsp3) is 0.250. The van der Waals surface area contributed by atoms with Gasteiger partial charge in [0.05, 0.1) is 16.2 Å². The molecule has 6 nitrogen and oxygen atoms in total. The summed E-state index contributed by atoms with van der Waals surface area (Å²) in [5.41, 5.74) is 0.505. The molecule has 74 valence electrons. The maximum Gasteiger partial charge on any atom is 0.288 e. The molecule has 0 atom stereocenters. The second-order valence-electron chi connectivity index (χ2n) is 2.66. The van der Waals surface area contributed by atoms with Crippen LogP contribution in [0, 0.1) is 17.0 Å². The summed E-state index contributed by atoms with van der Waals surface area (Å²) in [5.74, 6) is -0.376. The average Bonchev–Trinajstić information content (AvgIpc) is 2.17. The van der Waals surface area contributed by atoms with E-state index >= 15 is 0 Å². The van der Waals surface area contributed by atoms with E-state index < -0.39 is 4.92 Å². The Bertz CT molecular complexity index is 389. The molecule has 0 aliphatic heterocycles. The van der Waals surface area contributed by atoms with Crippen LogP contribution in [-0.4, -0.2) is 22.9 Å². The monoisotopic (exact) mass is 195 g/mol. The molecule has 0 spiro atoms. The molecule has 0 aromatic carbocycles. The summed E-state index contributed by atoms with van der Waals surface area (Å²) in [6, 6.07) is 1.21. The predicted octanol–water partition coefficient (Wildman–Crippen LogP) is 0.658. The first-order valence-electron chi connectivity index (χ1n) is 3.89. The predicted molar refractivity (Wildman–Crippen MR) is 49.0 cm³/mol. The molecule has 1 N–H and O–H groups in total. The number of aryl methyl sites for hydroxylation is 1. The number of nitrogens with one attached hydrogen (secondary N) is 1. The number of carbonyl (C=O) groups excluding carboxylic acids is 1. The zero-order valence-corrected chi connectivity index (χ0v) is 7.77. The molecule has 14 heavy (non-hydrogen) atoms. The minimum Gasteiger partial charge on any atom is -0.355 e. The normalized spacial score (nSPS) is 9.57. The summed E-state index contributed by atoms with van der Waals surface area (Å²) in [4.78, 5) is 24.8. The molecule has 1 amide bonds. The van der Waals surface area contributed by atoms with Crippen molar-refractivity contribution in [2.24, 2.45) is 0 Å². The van der Waals surface area contributed by atoms with Gasteiger partial charge in [0.25, 0.3) is 11.6 Å². The quantitative estimate of drug-likeness (QED) is 0.554. The lowest BCUT2D eigenvalue weighted by Gasteiger charge is -2.02. The molecule has 1 aromatic rings. The molecule has 1 aromatic heterocycles. The highest BCUT2D eigenvalue weighted by molar-refractivity contribution is 5.95. The molecule has 1 rings (SSSR count). The number of amides is 1. The van der Waals surface area contributed by atoms with Crippen LogP contribution in [0.1, 0.15) is 16.1 Å². The summed E-state index contributed by atoms with van der Waals surface area (Å²) in [6.07, 6.45) is 1.13. The third-order valence-electron chi connectivity index (χ3n) is 1.75. The first kappa shape index (κ1) is 10.1. The van der Waals surface area contributed by atoms with Crippen molar-refractivity contribution in [3.63, 3.8) is 0 Å². The highest BCUT2D eigenvalue weighted by Crippen LogP contribution is 2.14. The molecule has 0 bridgehead atoms. The van der Waals surface area contributed by atoms with E-state index in [0.29, 0.717) is 5.69 Å². The van der Waals surface area contributed by atoms with Crippen molar-refractivity contribution in [2.45, 2.75) is 6.92 Å². The van der Waals surface area contributed by atoms with Crippen LogP contribution in [-0.2, 0) is 0 Å². The summed E-state index contributed by atoms with van der Waals surface area (Å²) in [7, 11) is 1.46. The van der Waals surface area contributed by atoms with Crippen molar-refractivity contribution in [1.29, 1.82) is 0 Å². The second-order valence-corrected chi connectivity index (χ2v) is 2.66. The summed E-state index contributed by atoms with van der Waals surface area (Å²) in [6.45, 7) is 1.62. The van der Waals surface area contributed by atoms with Gasteiger partial charge in [-0.15, -0.1) is 0 Å². The molecule has 0 saturated carbocycles. The van der Waals surface area contributed by atoms with E-state index in [0.717, 1.165) is 6.20 Å². The van der Waals surface area contributed by atoms with Gasteiger partial charge in [-0.1, -0.05) is 0 Å². The summed E-state index contributed by atoms with van der Waals surface area (Å²) < 4.78 is 0. The van der Waals surface area contributed by atoms with Crippen LogP contribution >= 0.6 is 0 Å². The van der Waals surface area contributed by atoms with Gasteiger partial charge < -0.3 is 5.32 Å². The average molecular weight is 195 g/mol. The number of hydrogen-bond donors (Lipinski definition) is 1. The first-order chi connectivity index (χ1) is 6.56. The number of pyridine rings is 1. The molecular weight excluding hydrogens is 186 g/mol. The maximum absolute atomic E-state index is 11.2. The first-order valence-corrected chi connectivity index (χ1v) is 3.89. The molecule has 0 radical (unpaired) electrons. The van der Waals surface area contributed by atoms with E-state index in [1.54, 1.807) is 6.92 Å². The van der Waals surface area contributed by atoms with Crippen molar-refractivity contribution in [1.82, 2.24) is 10.3 Å². The zero-order chi connectivity index (χ0) is 10.7. The highest BCUT2D eigenvalue weighted by Gasteiger charge is 2.14. The van der Waals surface area contributed by atoms with E-state index in [4.69, 9.17) is 0 Å². The van der Waals surface area contributed by atoms with Gasteiger partial charge in [-0.2, -0.15) is 0 Å². The molecule has 0 unspecified atom stereocenters. The fourth-order valence-corrected chi connectivity index (χ4v) is 0.986. The number of nitro groups is 1. The smallest absolute Gasteiger partial charge is 0.288 e. The topological polar surface area (TPSA) is 85.1 Å². The van der Waals surface area contributed by atoms with Gasteiger partial charge >= 0.3 is 0 Å². The highest BCUT2D eigenvalue weighted by atomic mass is 16.6. The minimum absolute atomic E-state index is 0.186. The Labute approximate surface area is 80.1 Å². The van der Waals surface area contributed by atoms with Crippen LogP contribution in [0.3, 0.4) is 0 Å². The van der Waals surface area contributed by atoms with Gasteiger partial charge in [0.2, 0.25) is 0 Å². The number of rotatable bonds is 2. The van der Waals surface area contributed by atoms with E-state index in [9.17, 15) is 14.9 Å². The lowest BCUT2D eigenvalue weighted by Crippen LogP contribution is -2.19. The lowest BCUT2D eigenvalue weighted by molar-refractivity contribution is -0.385. The van der Waals surface area contributed by atoms with Gasteiger partial charge in [-0.25, -0.2) is 0 Å². The van der Waals surface area contributed by atoms with Crippen molar-refractivity contribution in [2.75, 3.05) is 7.05 Å². The number of carbonyl (C=O) groups is 1. The van der Waals surface area contributed by atoms with Crippen molar-refractivity contribution < 1.29 is 9.72 Å². The molecule has 1 heterocycles. The van der Waals surface area contributed by atoms with Gasteiger partial charge in [0.15, 0.2) is 0 Å². The fourth-order valence-electron chi connectivity index (χ4n) is 0.986. The lowest BCUT2D eigenvalue weighted by atomic mass is 10.2. The number of nitrogens with zero attached hydrogens (tertiary/aromatic N) is 2.